The second kappa shape index (κ2) is 9.58. The minimum atomic E-state index is -0.423. The molecule has 6 nitrogen and oxygen atoms in total. The lowest BCUT2D eigenvalue weighted by Gasteiger charge is -2.37. The fourth-order valence-electron chi connectivity index (χ4n) is 3.79. The fourth-order valence-corrected chi connectivity index (χ4v) is 4.13. The Morgan fingerprint density at radius 2 is 2.00 bits per heavy atom. The Kier molecular flexibility index (Phi) is 6.62. The third-order valence-electron chi connectivity index (χ3n) is 5.57. The third-order valence-corrected chi connectivity index (χ3v) is 5.91. The molecule has 0 saturated heterocycles. The first-order chi connectivity index (χ1) is 15.5. The van der Waals surface area contributed by atoms with E-state index >= 15 is 0 Å². The van der Waals surface area contributed by atoms with Crippen LogP contribution in [0, 0.1) is 5.82 Å². The largest absolute Gasteiger partial charge is 0.383 e. The van der Waals surface area contributed by atoms with E-state index in [-0.39, 0.29) is 5.82 Å². The average molecular weight is 453 g/mol. The molecular weight excluding hydrogens is 427 g/mol. The van der Waals surface area contributed by atoms with Crippen molar-refractivity contribution in [3.8, 4) is 11.4 Å². The van der Waals surface area contributed by atoms with Crippen LogP contribution >= 0.6 is 12.2 Å². The Balaban J connectivity index is 1.78. The Bertz CT molecular complexity index is 1140. The summed E-state index contributed by atoms with van der Waals surface area (Å²) >= 11 is 5.60. The molecule has 0 bridgehead atoms. The molecule has 32 heavy (non-hydrogen) atoms. The van der Waals surface area contributed by atoms with Crippen molar-refractivity contribution in [2.24, 2.45) is 0 Å². The SMILES string of the molecule is CCc1ccc(-c2noc(C3=C(C)N(CCOC)C(=S)NC3c3cccc(F)c3)n2)cc1. The molecule has 1 unspecified atom stereocenters. The Hall–Kier alpha value is -3.10. The van der Waals surface area contributed by atoms with Gasteiger partial charge in [-0.25, -0.2) is 4.39 Å². The molecule has 1 atom stereocenters. The van der Waals surface area contributed by atoms with Gasteiger partial charge in [0.1, 0.15) is 5.82 Å². The van der Waals surface area contributed by atoms with Crippen molar-refractivity contribution >= 4 is 22.9 Å². The lowest BCUT2D eigenvalue weighted by Crippen LogP contribution is -2.47. The monoisotopic (exact) mass is 452 g/mol. The van der Waals surface area contributed by atoms with E-state index in [1.165, 1.54) is 17.7 Å². The molecule has 2 heterocycles. The highest BCUT2D eigenvalue weighted by Gasteiger charge is 2.34. The summed E-state index contributed by atoms with van der Waals surface area (Å²) in [5, 5.41) is 8.05. The van der Waals surface area contributed by atoms with E-state index in [0.29, 0.717) is 30.0 Å². The lowest BCUT2D eigenvalue weighted by atomic mass is 9.94. The molecule has 0 spiro atoms. The predicted molar refractivity (Wildman–Crippen MR) is 125 cm³/mol. The molecule has 0 amide bonds. The second-order valence-electron chi connectivity index (χ2n) is 7.55. The highest BCUT2D eigenvalue weighted by molar-refractivity contribution is 7.80. The van der Waals surface area contributed by atoms with Gasteiger partial charge in [0.2, 0.25) is 5.82 Å². The standard InChI is InChI=1S/C24H25FN4O2S/c1-4-16-8-10-17(11-9-16)22-27-23(31-28-22)20-15(2)29(12-13-30-3)24(32)26-21(20)18-6-5-7-19(25)14-18/h5-11,14,21H,4,12-13H2,1-3H3,(H,26,32). The van der Waals surface area contributed by atoms with Crippen molar-refractivity contribution in [3.63, 3.8) is 0 Å². The molecule has 8 heteroatoms. The molecule has 0 aliphatic carbocycles. The molecule has 3 aromatic rings. The molecular formula is C24H25FN4O2S. The van der Waals surface area contributed by atoms with E-state index in [1.54, 1.807) is 13.2 Å². The van der Waals surface area contributed by atoms with E-state index in [0.717, 1.165) is 28.8 Å². The average Bonchev–Trinajstić information content (AvgIpc) is 3.28. The van der Waals surface area contributed by atoms with Gasteiger partial charge in [-0.2, -0.15) is 4.98 Å². The number of thiocarbonyl (C=S) groups is 1. The summed E-state index contributed by atoms with van der Waals surface area (Å²) in [5.74, 6) is 0.539. The van der Waals surface area contributed by atoms with Gasteiger partial charge in [0.15, 0.2) is 5.11 Å². The third kappa shape index (κ3) is 4.42. The van der Waals surface area contributed by atoms with Gasteiger partial charge in [0, 0.05) is 24.9 Å². The van der Waals surface area contributed by atoms with Crippen molar-refractivity contribution in [1.29, 1.82) is 0 Å². The first-order valence-electron chi connectivity index (χ1n) is 10.5. The molecule has 1 aromatic heterocycles. The zero-order valence-electron chi connectivity index (χ0n) is 18.3. The van der Waals surface area contributed by atoms with Gasteiger partial charge in [-0.05, 0) is 48.8 Å². The molecule has 2 aromatic carbocycles. The predicted octanol–water partition coefficient (Wildman–Crippen LogP) is 4.75. The van der Waals surface area contributed by atoms with Crippen LogP contribution in [0.2, 0.25) is 0 Å². The van der Waals surface area contributed by atoms with E-state index in [1.807, 2.05) is 30.0 Å². The summed E-state index contributed by atoms with van der Waals surface area (Å²) in [6, 6.07) is 14.1. The number of nitrogens with zero attached hydrogens (tertiary/aromatic N) is 3. The van der Waals surface area contributed by atoms with Crippen LogP contribution in [0.5, 0.6) is 0 Å². The van der Waals surface area contributed by atoms with Crippen molar-refractivity contribution in [2.75, 3.05) is 20.3 Å². The van der Waals surface area contributed by atoms with E-state index in [2.05, 4.69) is 34.5 Å². The molecule has 1 aliphatic rings. The Labute approximate surface area is 192 Å². The summed E-state index contributed by atoms with van der Waals surface area (Å²) in [5.41, 5.74) is 4.44. The number of rotatable bonds is 7. The lowest BCUT2D eigenvalue weighted by molar-refractivity contribution is 0.183. The van der Waals surface area contributed by atoms with Crippen LogP contribution in [0.15, 0.2) is 58.8 Å². The summed E-state index contributed by atoms with van der Waals surface area (Å²) in [6.07, 6.45) is 0.960. The van der Waals surface area contributed by atoms with Crippen LogP contribution < -0.4 is 5.32 Å². The van der Waals surface area contributed by atoms with Crippen LogP contribution in [0.4, 0.5) is 4.39 Å². The number of nitrogens with one attached hydrogen (secondary N) is 1. The molecule has 0 fully saturated rings. The highest BCUT2D eigenvalue weighted by atomic mass is 32.1. The molecule has 0 radical (unpaired) electrons. The first-order valence-corrected chi connectivity index (χ1v) is 10.9. The van der Waals surface area contributed by atoms with Crippen LogP contribution in [0.1, 0.15) is 36.9 Å². The minimum absolute atomic E-state index is 0.323. The summed E-state index contributed by atoms with van der Waals surface area (Å²) in [6.45, 7) is 5.12. The topological polar surface area (TPSA) is 63.4 Å². The normalized spacial score (nSPS) is 16.4. The zero-order valence-corrected chi connectivity index (χ0v) is 19.1. The fraction of sp³-hybridized carbons (Fsp3) is 0.292. The van der Waals surface area contributed by atoms with E-state index in [9.17, 15) is 4.39 Å². The number of hydrogen-bond acceptors (Lipinski definition) is 5. The van der Waals surface area contributed by atoms with E-state index in [4.69, 9.17) is 21.5 Å². The number of halogens is 1. The zero-order chi connectivity index (χ0) is 22.7. The number of allylic oxidation sites excluding steroid dienone is 1. The Morgan fingerprint density at radius 3 is 2.69 bits per heavy atom. The maximum absolute atomic E-state index is 14.0. The summed E-state index contributed by atoms with van der Waals surface area (Å²) in [4.78, 5) is 6.61. The highest BCUT2D eigenvalue weighted by Crippen LogP contribution is 2.37. The number of methoxy groups -OCH3 is 1. The molecule has 1 aliphatic heterocycles. The molecule has 166 valence electrons. The molecule has 4 rings (SSSR count). The Morgan fingerprint density at radius 1 is 1.22 bits per heavy atom. The maximum atomic E-state index is 14.0. The van der Waals surface area contributed by atoms with Gasteiger partial charge in [0.25, 0.3) is 5.89 Å². The van der Waals surface area contributed by atoms with Crippen molar-refractivity contribution in [1.82, 2.24) is 20.4 Å². The maximum Gasteiger partial charge on any atom is 0.258 e. The number of aryl methyl sites for hydroxylation is 1. The van der Waals surface area contributed by atoms with Gasteiger partial charge in [-0.3, -0.25) is 0 Å². The first kappa shape index (κ1) is 22.1. The molecule has 0 saturated carbocycles. The number of hydrogen-bond donors (Lipinski definition) is 1. The van der Waals surface area contributed by atoms with Crippen LogP contribution in [0.3, 0.4) is 0 Å². The summed E-state index contributed by atoms with van der Waals surface area (Å²) < 4.78 is 25.0. The number of aromatic nitrogens is 2. The van der Waals surface area contributed by atoms with Gasteiger partial charge in [-0.1, -0.05) is 48.5 Å². The van der Waals surface area contributed by atoms with Crippen molar-refractivity contribution < 1.29 is 13.7 Å². The van der Waals surface area contributed by atoms with Crippen LogP contribution in [-0.4, -0.2) is 40.4 Å². The summed E-state index contributed by atoms with van der Waals surface area (Å²) in [7, 11) is 1.64. The quantitative estimate of drug-likeness (QED) is 0.519. The van der Waals surface area contributed by atoms with Gasteiger partial charge >= 0.3 is 0 Å². The second-order valence-corrected chi connectivity index (χ2v) is 7.94. The number of ether oxygens (including phenoxy) is 1. The minimum Gasteiger partial charge on any atom is -0.383 e. The van der Waals surface area contributed by atoms with Crippen LogP contribution in [0.25, 0.3) is 17.0 Å². The van der Waals surface area contributed by atoms with Crippen molar-refractivity contribution in [2.45, 2.75) is 26.3 Å². The van der Waals surface area contributed by atoms with Crippen molar-refractivity contribution in [3.05, 3.63) is 77.1 Å². The van der Waals surface area contributed by atoms with Gasteiger partial charge in [-0.15, -0.1) is 0 Å². The van der Waals surface area contributed by atoms with Crippen LogP contribution in [-0.2, 0) is 11.2 Å². The molecule has 1 N–H and O–H groups in total. The van der Waals surface area contributed by atoms with Gasteiger partial charge < -0.3 is 19.5 Å². The number of benzene rings is 2. The van der Waals surface area contributed by atoms with E-state index < -0.39 is 6.04 Å². The van der Waals surface area contributed by atoms with Gasteiger partial charge in [0.05, 0.1) is 18.2 Å². The smallest absolute Gasteiger partial charge is 0.258 e.